The van der Waals surface area contributed by atoms with Crippen molar-refractivity contribution in [2.24, 2.45) is 0 Å². The summed E-state index contributed by atoms with van der Waals surface area (Å²) in [5, 5.41) is 18.3. The molecule has 0 fully saturated rings. The third kappa shape index (κ3) is 3.94. The van der Waals surface area contributed by atoms with E-state index in [2.05, 4.69) is 0 Å². The van der Waals surface area contributed by atoms with E-state index < -0.39 is 5.97 Å². The number of aliphatic hydroxyl groups is 1. The van der Waals surface area contributed by atoms with Gasteiger partial charge < -0.3 is 10.2 Å². The Morgan fingerprint density at radius 1 is 1.41 bits per heavy atom. The number of benzene rings is 1. The van der Waals surface area contributed by atoms with Gasteiger partial charge in [-0.3, -0.25) is 0 Å². The third-order valence-corrected chi connectivity index (χ3v) is 4.30. The Balaban J connectivity index is 3.02. The Morgan fingerprint density at radius 3 is 2.59 bits per heavy atom. The van der Waals surface area contributed by atoms with Crippen molar-refractivity contribution in [2.75, 3.05) is 12.9 Å². The quantitative estimate of drug-likeness (QED) is 0.780. The average molecular weight is 272 g/mol. The first-order valence-electron chi connectivity index (χ1n) is 5.28. The Hall–Kier alpha value is -0.650. The van der Waals surface area contributed by atoms with E-state index in [1.54, 1.807) is 0 Å². The SMILES string of the molecule is CSc1cccc(SC(C)CCO)c1C(=O)O. The van der Waals surface area contributed by atoms with Crippen LogP contribution in [0.15, 0.2) is 28.0 Å². The summed E-state index contributed by atoms with van der Waals surface area (Å²) in [6, 6.07) is 5.50. The Bertz CT molecular complexity index is 393. The maximum Gasteiger partial charge on any atom is 0.337 e. The van der Waals surface area contributed by atoms with Crippen molar-refractivity contribution < 1.29 is 15.0 Å². The predicted molar refractivity (Wildman–Crippen MR) is 72.2 cm³/mol. The molecule has 0 spiro atoms. The summed E-state index contributed by atoms with van der Waals surface area (Å²) in [5.74, 6) is -0.895. The monoisotopic (exact) mass is 272 g/mol. The molecule has 3 nitrogen and oxygen atoms in total. The minimum Gasteiger partial charge on any atom is -0.478 e. The lowest BCUT2D eigenvalue weighted by atomic mass is 10.2. The second-order valence-electron chi connectivity index (χ2n) is 3.58. The number of carbonyl (C=O) groups is 1. The van der Waals surface area contributed by atoms with Crippen molar-refractivity contribution in [1.29, 1.82) is 0 Å². The molecular formula is C12H16O3S2. The molecule has 0 aliphatic carbocycles. The molecule has 0 radical (unpaired) electrons. The van der Waals surface area contributed by atoms with Crippen LogP contribution in [-0.4, -0.2) is 34.3 Å². The number of rotatable bonds is 6. The summed E-state index contributed by atoms with van der Waals surface area (Å²) < 4.78 is 0. The van der Waals surface area contributed by atoms with Crippen LogP contribution >= 0.6 is 23.5 Å². The highest BCUT2D eigenvalue weighted by Crippen LogP contribution is 2.33. The number of carboxylic acid groups (broad SMARTS) is 1. The van der Waals surface area contributed by atoms with Gasteiger partial charge in [0.2, 0.25) is 0 Å². The van der Waals surface area contributed by atoms with Crippen LogP contribution in [0.3, 0.4) is 0 Å². The summed E-state index contributed by atoms with van der Waals surface area (Å²) in [7, 11) is 0. The highest BCUT2D eigenvalue weighted by Gasteiger charge is 2.17. The summed E-state index contributed by atoms with van der Waals surface area (Å²) in [4.78, 5) is 12.8. The minimum atomic E-state index is -0.895. The first-order chi connectivity index (χ1) is 8.10. The second-order valence-corrected chi connectivity index (χ2v) is 5.91. The van der Waals surface area contributed by atoms with E-state index in [4.69, 9.17) is 5.11 Å². The van der Waals surface area contributed by atoms with Gasteiger partial charge in [0.05, 0.1) is 5.56 Å². The fourth-order valence-corrected chi connectivity index (χ4v) is 3.26. The minimum absolute atomic E-state index is 0.124. The lowest BCUT2D eigenvalue weighted by Gasteiger charge is -2.13. The average Bonchev–Trinajstić information content (AvgIpc) is 2.28. The molecule has 1 aromatic carbocycles. The molecule has 0 aliphatic rings. The van der Waals surface area contributed by atoms with Crippen LogP contribution < -0.4 is 0 Å². The fraction of sp³-hybridized carbons (Fsp3) is 0.417. The van der Waals surface area contributed by atoms with Crippen LogP contribution in [0.4, 0.5) is 0 Å². The second kappa shape index (κ2) is 6.93. The van der Waals surface area contributed by atoms with E-state index >= 15 is 0 Å². The van der Waals surface area contributed by atoms with Gasteiger partial charge >= 0.3 is 5.97 Å². The number of aromatic carboxylic acids is 1. The lowest BCUT2D eigenvalue weighted by molar-refractivity contribution is 0.0689. The van der Waals surface area contributed by atoms with Crippen LogP contribution in [0.2, 0.25) is 0 Å². The molecule has 0 heterocycles. The molecule has 0 saturated carbocycles. The number of hydrogen-bond acceptors (Lipinski definition) is 4. The molecule has 0 aromatic heterocycles. The van der Waals surface area contributed by atoms with Gasteiger partial charge in [-0.15, -0.1) is 23.5 Å². The highest BCUT2D eigenvalue weighted by molar-refractivity contribution is 8.00. The topological polar surface area (TPSA) is 57.5 Å². The Labute approximate surface area is 110 Å². The smallest absolute Gasteiger partial charge is 0.337 e. The van der Waals surface area contributed by atoms with Crippen LogP contribution in [0.5, 0.6) is 0 Å². The van der Waals surface area contributed by atoms with Gasteiger partial charge in [0.15, 0.2) is 0 Å². The summed E-state index contributed by atoms with van der Waals surface area (Å²) in [6.07, 6.45) is 2.53. The van der Waals surface area contributed by atoms with Crippen LogP contribution in [0.1, 0.15) is 23.7 Å². The normalized spacial score (nSPS) is 12.4. The first kappa shape index (κ1) is 14.4. The van der Waals surface area contributed by atoms with E-state index in [1.807, 2.05) is 31.4 Å². The lowest BCUT2D eigenvalue weighted by Crippen LogP contribution is -2.05. The molecule has 1 rings (SSSR count). The zero-order valence-corrected chi connectivity index (χ0v) is 11.5. The molecular weight excluding hydrogens is 256 g/mol. The van der Waals surface area contributed by atoms with Gasteiger partial charge in [-0.1, -0.05) is 13.0 Å². The molecule has 94 valence electrons. The molecule has 2 N–H and O–H groups in total. The standard InChI is InChI=1S/C12H16O3S2/c1-8(6-7-13)17-10-5-3-4-9(16-2)11(10)12(14)15/h3-5,8,13H,6-7H2,1-2H3,(H,14,15). The van der Waals surface area contributed by atoms with Gasteiger partial charge in [0, 0.05) is 21.6 Å². The van der Waals surface area contributed by atoms with E-state index in [1.165, 1.54) is 23.5 Å². The van der Waals surface area contributed by atoms with Crippen molar-refractivity contribution in [3.8, 4) is 0 Å². The summed E-state index contributed by atoms with van der Waals surface area (Å²) >= 11 is 2.93. The third-order valence-electron chi connectivity index (χ3n) is 2.29. The molecule has 0 bridgehead atoms. The molecule has 17 heavy (non-hydrogen) atoms. The van der Waals surface area contributed by atoms with E-state index in [0.717, 1.165) is 9.79 Å². The van der Waals surface area contributed by atoms with Crippen molar-refractivity contribution in [2.45, 2.75) is 28.4 Å². The summed E-state index contributed by atoms with van der Waals surface area (Å²) in [5.41, 5.74) is 0.370. The molecule has 0 saturated heterocycles. The van der Waals surface area contributed by atoms with Gasteiger partial charge in [-0.2, -0.15) is 0 Å². The molecule has 1 unspecified atom stereocenters. The zero-order valence-electron chi connectivity index (χ0n) is 9.84. The number of hydrogen-bond donors (Lipinski definition) is 2. The van der Waals surface area contributed by atoms with E-state index in [0.29, 0.717) is 12.0 Å². The maximum absolute atomic E-state index is 11.3. The highest BCUT2D eigenvalue weighted by atomic mass is 32.2. The number of carboxylic acids is 1. The van der Waals surface area contributed by atoms with Crippen molar-refractivity contribution in [3.05, 3.63) is 23.8 Å². The zero-order chi connectivity index (χ0) is 12.8. The molecule has 0 amide bonds. The molecule has 0 aliphatic heterocycles. The van der Waals surface area contributed by atoms with Gasteiger partial charge in [-0.25, -0.2) is 4.79 Å². The van der Waals surface area contributed by atoms with Gasteiger partial charge in [-0.05, 0) is 24.8 Å². The maximum atomic E-state index is 11.3. The largest absolute Gasteiger partial charge is 0.478 e. The Kier molecular flexibility index (Phi) is 5.88. The van der Waals surface area contributed by atoms with Crippen LogP contribution in [0, 0.1) is 0 Å². The summed E-state index contributed by atoms with van der Waals surface area (Å²) in [6.45, 7) is 2.11. The van der Waals surface area contributed by atoms with Crippen molar-refractivity contribution in [1.82, 2.24) is 0 Å². The fourth-order valence-electron chi connectivity index (χ4n) is 1.45. The first-order valence-corrected chi connectivity index (χ1v) is 7.38. The van der Waals surface area contributed by atoms with Gasteiger partial charge in [0.1, 0.15) is 0 Å². The van der Waals surface area contributed by atoms with Crippen molar-refractivity contribution in [3.63, 3.8) is 0 Å². The van der Waals surface area contributed by atoms with Crippen molar-refractivity contribution >= 4 is 29.5 Å². The van der Waals surface area contributed by atoms with E-state index in [-0.39, 0.29) is 11.9 Å². The Morgan fingerprint density at radius 2 is 2.06 bits per heavy atom. The molecule has 1 atom stereocenters. The van der Waals surface area contributed by atoms with Crippen LogP contribution in [0.25, 0.3) is 0 Å². The predicted octanol–water partition coefficient (Wildman–Crippen LogP) is 2.97. The van der Waals surface area contributed by atoms with Crippen LogP contribution in [-0.2, 0) is 0 Å². The molecule has 5 heteroatoms. The van der Waals surface area contributed by atoms with Gasteiger partial charge in [0.25, 0.3) is 0 Å². The number of thioether (sulfide) groups is 2. The number of aliphatic hydroxyl groups excluding tert-OH is 1. The van der Waals surface area contributed by atoms with E-state index in [9.17, 15) is 9.90 Å². The molecule has 1 aromatic rings.